The Kier molecular flexibility index (Phi) is 4.30. The summed E-state index contributed by atoms with van der Waals surface area (Å²) in [5.41, 5.74) is 11.6. The van der Waals surface area contributed by atoms with E-state index in [4.69, 9.17) is 15.2 Å². The molecule has 0 fully saturated rings. The Labute approximate surface area is 120 Å². The average molecular weight is 271 g/mol. The molecular weight excluding hydrogens is 250 g/mol. The summed E-state index contributed by atoms with van der Waals surface area (Å²) in [6, 6.07) is 10.5. The molecule has 0 aromatic heterocycles. The van der Waals surface area contributed by atoms with Crippen LogP contribution in [0.5, 0.6) is 11.5 Å². The van der Waals surface area contributed by atoms with Crippen LogP contribution in [0.4, 0.5) is 0 Å². The summed E-state index contributed by atoms with van der Waals surface area (Å²) in [5, 5.41) is 0. The van der Waals surface area contributed by atoms with E-state index in [1.807, 2.05) is 6.07 Å². The number of nitrogens with two attached hydrogens (primary N) is 1. The Hall–Kier alpha value is -2.00. The van der Waals surface area contributed by atoms with Crippen LogP contribution in [0.1, 0.15) is 16.7 Å². The third-order valence-electron chi connectivity index (χ3n) is 3.62. The largest absolute Gasteiger partial charge is 0.493 e. The minimum atomic E-state index is 0.415. The maximum Gasteiger partial charge on any atom is 0.165 e. The Morgan fingerprint density at radius 1 is 0.900 bits per heavy atom. The highest BCUT2D eigenvalue weighted by Crippen LogP contribution is 2.36. The van der Waals surface area contributed by atoms with Gasteiger partial charge >= 0.3 is 0 Å². The van der Waals surface area contributed by atoms with Crippen molar-refractivity contribution < 1.29 is 9.47 Å². The molecule has 0 amide bonds. The van der Waals surface area contributed by atoms with E-state index < -0.39 is 0 Å². The molecule has 0 aliphatic heterocycles. The topological polar surface area (TPSA) is 44.5 Å². The van der Waals surface area contributed by atoms with Crippen molar-refractivity contribution in [3.63, 3.8) is 0 Å². The summed E-state index contributed by atoms with van der Waals surface area (Å²) in [6.45, 7) is 4.64. The Morgan fingerprint density at radius 2 is 1.65 bits per heavy atom. The van der Waals surface area contributed by atoms with Gasteiger partial charge in [0, 0.05) is 12.1 Å². The Balaban J connectivity index is 2.59. The summed E-state index contributed by atoms with van der Waals surface area (Å²) in [5.74, 6) is 1.42. The van der Waals surface area contributed by atoms with Crippen LogP contribution in [-0.4, -0.2) is 14.2 Å². The molecule has 0 aliphatic rings. The third-order valence-corrected chi connectivity index (χ3v) is 3.62. The van der Waals surface area contributed by atoms with Gasteiger partial charge in [0.15, 0.2) is 11.5 Å². The van der Waals surface area contributed by atoms with Gasteiger partial charge in [0.1, 0.15) is 0 Å². The maximum absolute atomic E-state index is 5.82. The smallest absolute Gasteiger partial charge is 0.165 e. The second-order valence-corrected chi connectivity index (χ2v) is 4.87. The monoisotopic (exact) mass is 271 g/mol. The number of hydrogen-bond acceptors (Lipinski definition) is 3. The lowest BCUT2D eigenvalue weighted by atomic mass is 9.98. The molecule has 0 spiro atoms. The number of rotatable bonds is 4. The van der Waals surface area contributed by atoms with Gasteiger partial charge in [0.05, 0.1) is 14.2 Å². The van der Waals surface area contributed by atoms with E-state index in [9.17, 15) is 0 Å². The molecule has 106 valence electrons. The normalized spacial score (nSPS) is 10.4. The molecule has 2 aromatic carbocycles. The first-order chi connectivity index (χ1) is 9.60. The van der Waals surface area contributed by atoms with Crippen molar-refractivity contribution in [1.29, 1.82) is 0 Å². The lowest BCUT2D eigenvalue weighted by molar-refractivity contribution is 0.352. The SMILES string of the molecule is COc1cc(-c2ccc(C)c(C)c2)cc(CN)c1OC. The Morgan fingerprint density at radius 3 is 2.20 bits per heavy atom. The minimum absolute atomic E-state index is 0.415. The summed E-state index contributed by atoms with van der Waals surface area (Å²) in [7, 11) is 3.27. The summed E-state index contributed by atoms with van der Waals surface area (Å²) in [4.78, 5) is 0. The van der Waals surface area contributed by atoms with Crippen LogP contribution in [0.3, 0.4) is 0 Å². The zero-order valence-corrected chi connectivity index (χ0v) is 12.5. The summed E-state index contributed by atoms with van der Waals surface area (Å²) in [6.07, 6.45) is 0. The van der Waals surface area contributed by atoms with E-state index >= 15 is 0 Å². The first-order valence-corrected chi connectivity index (χ1v) is 6.63. The molecule has 3 heteroatoms. The quantitative estimate of drug-likeness (QED) is 0.926. The average Bonchev–Trinajstić information content (AvgIpc) is 2.48. The van der Waals surface area contributed by atoms with Crippen molar-refractivity contribution in [2.45, 2.75) is 20.4 Å². The van der Waals surface area contributed by atoms with E-state index in [2.05, 4.69) is 38.1 Å². The standard InChI is InChI=1S/C17H21NO2/c1-11-5-6-13(7-12(11)2)14-8-15(10-18)17(20-4)16(9-14)19-3/h5-9H,10,18H2,1-4H3. The van der Waals surface area contributed by atoms with Gasteiger partial charge in [-0.25, -0.2) is 0 Å². The highest BCUT2D eigenvalue weighted by Gasteiger charge is 2.12. The fourth-order valence-corrected chi connectivity index (χ4v) is 2.28. The molecular formula is C17H21NO2. The van der Waals surface area contributed by atoms with E-state index in [-0.39, 0.29) is 0 Å². The van der Waals surface area contributed by atoms with Crippen molar-refractivity contribution in [1.82, 2.24) is 0 Å². The molecule has 20 heavy (non-hydrogen) atoms. The first kappa shape index (κ1) is 14.4. The van der Waals surface area contributed by atoms with Gasteiger partial charge in [-0.2, -0.15) is 0 Å². The molecule has 2 rings (SSSR count). The van der Waals surface area contributed by atoms with Crippen molar-refractivity contribution in [3.8, 4) is 22.6 Å². The first-order valence-electron chi connectivity index (χ1n) is 6.63. The molecule has 2 N–H and O–H groups in total. The highest BCUT2D eigenvalue weighted by molar-refractivity contribution is 5.70. The van der Waals surface area contributed by atoms with Gasteiger partial charge in [-0.1, -0.05) is 18.2 Å². The predicted molar refractivity (Wildman–Crippen MR) is 82.3 cm³/mol. The van der Waals surface area contributed by atoms with Crippen molar-refractivity contribution >= 4 is 0 Å². The van der Waals surface area contributed by atoms with Gasteiger partial charge in [-0.15, -0.1) is 0 Å². The maximum atomic E-state index is 5.82. The van der Waals surface area contributed by atoms with Crippen molar-refractivity contribution in [2.24, 2.45) is 5.73 Å². The van der Waals surface area contributed by atoms with Crippen LogP contribution in [-0.2, 0) is 6.54 Å². The van der Waals surface area contributed by atoms with Gasteiger partial charge in [-0.3, -0.25) is 0 Å². The second kappa shape index (κ2) is 5.97. The van der Waals surface area contributed by atoms with Gasteiger partial charge in [-0.05, 0) is 48.2 Å². The fraction of sp³-hybridized carbons (Fsp3) is 0.294. The lowest BCUT2D eigenvalue weighted by Gasteiger charge is -2.15. The van der Waals surface area contributed by atoms with Crippen LogP contribution < -0.4 is 15.2 Å². The molecule has 0 heterocycles. The van der Waals surface area contributed by atoms with Crippen LogP contribution >= 0.6 is 0 Å². The summed E-state index contributed by atoms with van der Waals surface area (Å²) >= 11 is 0. The van der Waals surface area contributed by atoms with Crippen LogP contribution in [0.15, 0.2) is 30.3 Å². The van der Waals surface area contributed by atoms with Gasteiger partial charge in [0.2, 0.25) is 0 Å². The number of benzene rings is 2. The lowest BCUT2D eigenvalue weighted by Crippen LogP contribution is -2.02. The van der Waals surface area contributed by atoms with Crippen LogP contribution in [0.25, 0.3) is 11.1 Å². The Bertz CT molecular complexity index is 595. The van der Waals surface area contributed by atoms with E-state index in [1.165, 1.54) is 11.1 Å². The van der Waals surface area contributed by atoms with E-state index in [0.29, 0.717) is 18.0 Å². The van der Waals surface area contributed by atoms with Crippen LogP contribution in [0, 0.1) is 13.8 Å². The van der Waals surface area contributed by atoms with Gasteiger partial charge in [0.25, 0.3) is 0 Å². The van der Waals surface area contributed by atoms with E-state index in [1.54, 1.807) is 14.2 Å². The molecule has 2 aromatic rings. The molecule has 0 unspecified atom stereocenters. The van der Waals surface area contributed by atoms with Crippen molar-refractivity contribution in [2.75, 3.05) is 14.2 Å². The molecule has 3 nitrogen and oxygen atoms in total. The summed E-state index contributed by atoms with van der Waals surface area (Å²) < 4.78 is 10.8. The molecule has 0 saturated carbocycles. The van der Waals surface area contributed by atoms with Gasteiger partial charge < -0.3 is 15.2 Å². The highest BCUT2D eigenvalue weighted by atomic mass is 16.5. The fourth-order valence-electron chi connectivity index (χ4n) is 2.28. The third kappa shape index (κ3) is 2.63. The molecule has 0 saturated heterocycles. The molecule has 0 atom stereocenters. The van der Waals surface area contributed by atoms with Crippen LogP contribution in [0.2, 0.25) is 0 Å². The number of hydrogen-bond donors (Lipinski definition) is 1. The number of methoxy groups -OCH3 is 2. The second-order valence-electron chi connectivity index (χ2n) is 4.87. The van der Waals surface area contributed by atoms with E-state index in [0.717, 1.165) is 16.7 Å². The zero-order chi connectivity index (χ0) is 14.7. The predicted octanol–water partition coefficient (Wildman–Crippen LogP) is 3.45. The minimum Gasteiger partial charge on any atom is -0.493 e. The molecule has 0 aliphatic carbocycles. The van der Waals surface area contributed by atoms with Crippen molar-refractivity contribution in [3.05, 3.63) is 47.0 Å². The molecule has 0 bridgehead atoms. The number of ether oxygens (including phenoxy) is 2. The zero-order valence-electron chi connectivity index (χ0n) is 12.5. The number of aryl methyl sites for hydroxylation is 2. The molecule has 0 radical (unpaired) electrons.